The average molecular weight is 273 g/mol. The Balaban J connectivity index is 0.00000289. The van der Waals surface area contributed by atoms with E-state index in [1.54, 1.807) is 12.1 Å². The second kappa shape index (κ2) is 8.78. The van der Waals surface area contributed by atoms with Gasteiger partial charge in [0.1, 0.15) is 5.75 Å². The van der Waals surface area contributed by atoms with Crippen LogP contribution in [0.25, 0.3) is 0 Å². The van der Waals surface area contributed by atoms with E-state index in [9.17, 15) is 4.79 Å². The molecule has 1 aromatic carbocycles. The largest absolute Gasteiger partial charge is 0.494 e. The number of benzene rings is 1. The summed E-state index contributed by atoms with van der Waals surface area (Å²) in [7, 11) is 0. The van der Waals surface area contributed by atoms with Crippen molar-refractivity contribution >= 4 is 18.3 Å². The molecule has 18 heavy (non-hydrogen) atoms. The van der Waals surface area contributed by atoms with E-state index in [-0.39, 0.29) is 24.4 Å². The van der Waals surface area contributed by atoms with Gasteiger partial charge in [-0.15, -0.1) is 12.4 Å². The summed E-state index contributed by atoms with van der Waals surface area (Å²) >= 11 is 0. The molecule has 1 amide bonds. The van der Waals surface area contributed by atoms with E-state index >= 15 is 0 Å². The van der Waals surface area contributed by atoms with Crippen LogP contribution in [0.4, 0.5) is 0 Å². The van der Waals surface area contributed by atoms with Crippen molar-refractivity contribution in [2.24, 2.45) is 5.73 Å². The molecule has 1 aromatic rings. The van der Waals surface area contributed by atoms with Crippen LogP contribution in [0.3, 0.4) is 0 Å². The quantitative estimate of drug-likeness (QED) is 0.832. The molecule has 0 aliphatic heterocycles. The molecule has 1 rings (SSSR count). The summed E-state index contributed by atoms with van der Waals surface area (Å²) in [6.07, 6.45) is 0.945. The fourth-order valence-electron chi connectivity index (χ4n) is 1.31. The molecule has 3 N–H and O–H groups in total. The summed E-state index contributed by atoms with van der Waals surface area (Å²) in [4.78, 5) is 11.8. The fraction of sp³-hybridized carbons (Fsp3) is 0.462. The lowest BCUT2D eigenvalue weighted by molar-refractivity contribution is 0.0941. The van der Waals surface area contributed by atoms with E-state index in [0.717, 1.165) is 12.2 Å². The van der Waals surface area contributed by atoms with E-state index in [1.807, 2.05) is 26.0 Å². The van der Waals surface area contributed by atoms with Crippen LogP contribution in [0.15, 0.2) is 24.3 Å². The first-order valence-electron chi connectivity index (χ1n) is 5.91. The number of rotatable bonds is 6. The van der Waals surface area contributed by atoms with Crippen molar-refractivity contribution in [1.82, 2.24) is 5.32 Å². The first-order valence-corrected chi connectivity index (χ1v) is 5.91. The van der Waals surface area contributed by atoms with Gasteiger partial charge in [-0.05, 0) is 31.5 Å². The maximum Gasteiger partial charge on any atom is 0.251 e. The Kier molecular flexibility index (Phi) is 8.16. The summed E-state index contributed by atoms with van der Waals surface area (Å²) in [6, 6.07) is 7.14. The van der Waals surface area contributed by atoms with Crippen LogP contribution >= 0.6 is 12.4 Å². The van der Waals surface area contributed by atoms with Crippen LogP contribution in [0.5, 0.6) is 5.75 Å². The zero-order valence-corrected chi connectivity index (χ0v) is 11.6. The topological polar surface area (TPSA) is 64.3 Å². The van der Waals surface area contributed by atoms with Crippen molar-refractivity contribution in [1.29, 1.82) is 0 Å². The number of nitrogens with two attached hydrogens (primary N) is 1. The van der Waals surface area contributed by atoms with Gasteiger partial charge in [0.2, 0.25) is 0 Å². The van der Waals surface area contributed by atoms with Crippen molar-refractivity contribution in [3.63, 3.8) is 0 Å². The first kappa shape index (κ1) is 16.7. The maximum atomic E-state index is 11.8. The predicted molar refractivity (Wildman–Crippen MR) is 75.5 cm³/mol. The molecule has 4 nitrogen and oxygen atoms in total. The number of hydrogen-bond donors (Lipinski definition) is 2. The van der Waals surface area contributed by atoms with Gasteiger partial charge >= 0.3 is 0 Å². The van der Waals surface area contributed by atoms with Gasteiger partial charge in [0.25, 0.3) is 5.91 Å². The van der Waals surface area contributed by atoms with Gasteiger partial charge in [0.15, 0.2) is 0 Å². The highest BCUT2D eigenvalue weighted by molar-refractivity contribution is 5.94. The summed E-state index contributed by atoms with van der Waals surface area (Å²) in [5, 5.41) is 2.81. The van der Waals surface area contributed by atoms with Crippen LogP contribution in [0, 0.1) is 0 Å². The lowest BCUT2D eigenvalue weighted by atomic mass is 10.2. The number of ether oxygens (including phenoxy) is 1. The van der Waals surface area contributed by atoms with Crippen molar-refractivity contribution in [2.45, 2.75) is 26.3 Å². The standard InChI is InChI=1S/C13H20N2O2.ClH/c1-3-7-17-12-6-4-5-11(8-12)13(16)15-10(2)9-14;/h4-6,8,10H,3,7,9,14H2,1-2H3,(H,15,16);1H/t10-;/m1./s1. The Labute approximate surface area is 114 Å². The first-order chi connectivity index (χ1) is 8.17. The van der Waals surface area contributed by atoms with E-state index in [4.69, 9.17) is 10.5 Å². The van der Waals surface area contributed by atoms with Crippen molar-refractivity contribution in [3.05, 3.63) is 29.8 Å². The molecule has 0 heterocycles. The Morgan fingerprint density at radius 2 is 2.22 bits per heavy atom. The highest BCUT2D eigenvalue weighted by Gasteiger charge is 2.09. The SMILES string of the molecule is CCCOc1cccc(C(=O)N[C@H](C)CN)c1.Cl. The molecule has 0 saturated carbocycles. The van der Waals surface area contributed by atoms with Crippen molar-refractivity contribution < 1.29 is 9.53 Å². The monoisotopic (exact) mass is 272 g/mol. The lowest BCUT2D eigenvalue weighted by Gasteiger charge is -2.12. The number of carbonyl (C=O) groups is 1. The number of halogens is 1. The van der Waals surface area contributed by atoms with Crippen molar-refractivity contribution in [2.75, 3.05) is 13.2 Å². The number of carbonyl (C=O) groups excluding carboxylic acids is 1. The highest BCUT2D eigenvalue weighted by Crippen LogP contribution is 2.13. The molecule has 0 saturated heterocycles. The fourth-order valence-corrected chi connectivity index (χ4v) is 1.31. The van der Waals surface area contributed by atoms with Gasteiger partial charge in [-0.1, -0.05) is 13.0 Å². The summed E-state index contributed by atoms with van der Waals surface area (Å²) < 4.78 is 5.47. The Morgan fingerprint density at radius 1 is 1.50 bits per heavy atom. The zero-order valence-electron chi connectivity index (χ0n) is 10.8. The number of hydrogen-bond acceptors (Lipinski definition) is 3. The number of amides is 1. The van der Waals surface area contributed by atoms with Gasteiger partial charge in [0, 0.05) is 18.2 Å². The van der Waals surface area contributed by atoms with Crippen LogP contribution in [-0.2, 0) is 0 Å². The molecule has 0 bridgehead atoms. The molecular weight excluding hydrogens is 252 g/mol. The number of nitrogens with one attached hydrogen (secondary N) is 1. The zero-order chi connectivity index (χ0) is 12.7. The molecule has 0 fully saturated rings. The third-order valence-corrected chi connectivity index (χ3v) is 2.30. The molecule has 0 aliphatic rings. The molecule has 0 spiro atoms. The minimum atomic E-state index is -0.120. The Hall–Kier alpha value is -1.26. The van der Waals surface area contributed by atoms with Crippen LogP contribution in [0.2, 0.25) is 0 Å². The Morgan fingerprint density at radius 3 is 2.83 bits per heavy atom. The Bertz CT molecular complexity index is 372. The van der Waals surface area contributed by atoms with Gasteiger partial charge < -0.3 is 15.8 Å². The normalized spacial score (nSPS) is 11.3. The molecule has 102 valence electrons. The average Bonchev–Trinajstić information content (AvgIpc) is 2.36. The minimum Gasteiger partial charge on any atom is -0.494 e. The second-order valence-electron chi connectivity index (χ2n) is 3.99. The van der Waals surface area contributed by atoms with Crippen LogP contribution in [-0.4, -0.2) is 25.1 Å². The van der Waals surface area contributed by atoms with E-state index in [1.165, 1.54) is 0 Å². The molecule has 0 aromatic heterocycles. The van der Waals surface area contributed by atoms with E-state index in [2.05, 4.69) is 5.32 Å². The predicted octanol–water partition coefficient (Wildman–Crippen LogP) is 1.97. The summed E-state index contributed by atoms with van der Waals surface area (Å²) in [5.41, 5.74) is 6.05. The third-order valence-electron chi connectivity index (χ3n) is 2.30. The van der Waals surface area contributed by atoms with Gasteiger partial charge in [0.05, 0.1) is 6.61 Å². The molecule has 5 heteroatoms. The van der Waals surface area contributed by atoms with Gasteiger partial charge in [-0.25, -0.2) is 0 Å². The van der Waals surface area contributed by atoms with Gasteiger partial charge in [-0.2, -0.15) is 0 Å². The molecule has 0 radical (unpaired) electrons. The van der Waals surface area contributed by atoms with Gasteiger partial charge in [-0.3, -0.25) is 4.79 Å². The summed E-state index contributed by atoms with van der Waals surface area (Å²) in [5.74, 6) is 0.602. The molecule has 0 aliphatic carbocycles. The molecule has 1 atom stereocenters. The van der Waals surface area contributed by atoms with E-state index in [0.29, 0.717) is 18.7 Å². The molecular formula is C13H21ClN2O2. The minimum absolute atomic E-state index is 0. The lowest BCUT2D eigenvalue weighted by Crippen LogP contribution is -2.37. The summed E-state index contributed by atoms with van der Waals surface area (Å²) in [6.45, 7) is 5.00. The van der Waals surface area contributed by atoms with Crippen molar-refractivity contribution in [3.8, 4) is 5.75 Å². The smallest absolute Gasteiger partial charge is 0.251 e. The van der Waals surface area contributed by atoms with Crippen LogP contribution in [0.1, 0.15) is 30.6 Å². The second-order valence-corrected chi connectivity index (χ2v) is 3.99. The van der Waals surface area contributed by atoms with Crippen LogP contribution < -0.4 is 15.8 Å². The molecule has 0 unspecified atom stereocenters. The van der Waals surface area contributed by atoms with E-state index < -0.39 is 0 Å². The third kappa shape index (κ3) is 5.38. The highest BCUT2D eigenvalue weighted by atomic mass is 35.5. The maximum absolute atomic E-state index is 11.8.